The van der Waals surface area contributed by atoms with Crippen LogP contribution in [0.15, 0.2) is 18.6 Å². The first kappa shape index (κ1) is 13.0. The molecule has 1 N–H and O–H groups in total. The summed E-state index contributed by atoms with van der Waals surface area (Å²) in [5, 5.41) is 3.13. The van der Waals surface area contributed by atoms with Gasteiger partial charge < -0.3 is 5.32 Å². The van der Waals surface area contributed by atoms with Crippen molar-refractivity contribution in [1.82, 2.24) is 15.3 Å². The highest BCUT2D eigenvalue weighted by Crippen LogP contribution is 2.33. The van der Waals surface area contributed by atoms with Gasteiger partial charge in [-0.2, -0.15) is 0 Å². The second-order valence-corrected chi connectivity index (χ2v) is 5.48. The Balaban J connectivity index is 2.02. The smallest absolute Gasteiger partial charge is 0.271 e. The van der Waals surface area contributed by atoms with Gasteiger partial charge in [-0.3, -0.25) is 9.78 Å². The lowest BCUT2D eigenvalue weighted by atomic mass is 9.76. The van der Waals surface area contributed by atoms with Crippen molar-refractivity contribution in [3.63, 3.8) is 0 Å². The van der Waals surface area contributed by atoms with E-state index in [-0.39, 0.29) is 11.4 Å². The van der Waals surface area contributed by atoms with Gasteiger partial charge in [-0.05, 0) is 25.7 Å². The lowest BCUT2D eigenvalue weighted by molar-refractivity contribution is 0.0852. The maximum absolute atomic E-state index is 12.1. The number of hydrogen-bond acceptors (Lipinski definition) is 3. The van der Waals surface area contributed by atoms with Crippen LogP contribution in [0.2, 0.25) is 0 Å². The Labute approximate surface area is 108 Å². The van der Waals surface area contributed by atoms with E-state index in [1.807, 2.05) is 0 Å². The molecule has 4 nitrogen and oxygen atoms in total. The Morgan fingerprint density at radius 3 is 3.06 bits per heavy atom. The van der Waals surface area contributed by atoms with Gasteiger partial charge in [-0.1, -0.05) is 26.2 Å². The molecular weight excluding hydrogens is 226 g/mol. The van der Waals surface area contributed by atoms with Crippen LogP contribution in [0.25, 0.3) is 0 Å². The van der Waals surface area contributed by atoms with Crippen LogP contribution in [0.4, 0.5) is 0 Å². The van der Waals surface area contributed by atoms with E-state index in [2.05, 4.69) is 29.1 Å². The molecule has 1 aromatic rings. The number of carbonyl (C=O) groups excluding carboxylic acids is 1. The summed E-state index contributed by atoms with van der Waals surface area (Å²) < 4.78 is 0. The summed E-state index contributed by atoms with van der Waals surface area (Å²) in [5.74, 6) is 0.619. The molecular formula is C14H21N3O. The first-order valence-corrected chi connectivity index (χ1v) is 6.71. The Kier molecular flexibility index (Phi) is 3.94. The van der Waals surface area contributed by atoms with E-state index in [1.165, 1.54) is 25.5 Å². The molecule has 2 atom stereocenters. The third-order valence-electron chi connectivity index (χ3n) is 3.87. The van der Waals surface area contributed by atoms with E-state index in [0.717, 1.165) is 18.8 Å². The Bertz CT molecular complexity index is 407. The first-order chi connectivity index (χ1) is 8.63. The lowest BCUT2D eigenvalue weighted by Crippen LogP contribution is -2.49. The number of aromatic nitrogens is 2. The number of carbonyl (C=O) groups is 1. The highest BCUT2D eigenvalue weighted by Gasteiger charge is 2.33. The van der Waals surface area contributed by atoms with Gasteiger partial charge in [0.2, 0.25) is 0 Å². The highest BCUT2D eigenvalue weighted by atomic mass is 16.2. The number of nitrogens with one attached hydrogen (secondary N) is 1. The molecule has 1 amide bonds. The molecule has 1 aromatic heterocycles. The van der Waals surface area contributed by atoms with E-state index in [1.54, 1.807) is 12.4 Å². The third-order valence-corrected chi connectivity index (χ3v) is 3.87. The van der Waals surface area contributed by atoms with E-state index in [9.17, 15) is 4.79 Å². The van der Waals surface area contributed by atoms with Crippen molar-refractivity contribution in [2.75, 3.05) is 0 Å². The van der Waals surface area contributed by atoms with Crippen molar-refractivity contribution in [2.24, 2.45) is 5.92 Å². The predicted octanol–water partition coefficient (Wildman–Crippen LogP) is 2.57. The van der Waals surface area contributed by atoms with Crippen molar-refractivity contribution >= 4 is 5.91 Å². The summed E-state index contributed by atoms with van der Waals surface area (Å²) in [6.07, 6.45) is 10.4. The van der Waals surface area contributed by atoms with Gasteiger partial charge in [0, 0.05) is 17.9 Å². The van der Waals surface area contributed by atoms with Crippen LogP contribution >= 0.6 is 0 Å². The molecule has 1 saturated carbocycles. The molecule has 0 bridgehead atoms. The minimum atomic E-state index is -0.109. The zero-order valence-electron chi connectivity index (χ0n) is 11.1. The molecule has 0 unspecified atom stereocenters. The predicted molar refractivity (Wildman–Crippen MR) is 70.2 cm³/mol. The third kappa shape index (κ3) is 3.06. The van der Waals surface area contributed by atoms with E-state index >= 15 is 0 Å². The summed E-state index contributed by atoms with van der Waals surface area (Å²) >= 11 is 0. The monoisotopic (exact) mass is 247 g/mol. The average Bonchev–Trinajstić information content (AvgIpc) is 2.39. The molecule has 0 aliphatic heterocycles. The molecule has 1 fully saturated rings. The fourth-order valence-corrected chi connectivity index (χ4v) is 2.84. The molecule has 0 saturated heterocycles. The van der Waals surface area contributed by atoms with Gasteiger partial charge in [0.05, 0.1) is 6.20 Å². The van der Waals surface area contributed by atoms with Crippen molar-refractivity contribution in [2.45, 2.75) is 51.5 Å². The summed E-state index contributed by atoms with van der Waals surface area (Å²) in [6, 6.07) is 0. The largest absolute Gasteiger partial charge is 0.345 e. The van der Waals surface area contributed by atoms with Crippen LogP contribution in [0, 0.1) is 5.92 Å². The van der Waals surface area contributed by atoms with Crippen LogP contribution in [0.3, 0.4) is 0 Å². The highest BCUT2D eigenvalue weighted by molar-refractivity contribution is 5.92. The minimum Gasteiger partial charge on any atom is -0.345 e. The molecule has 0 spiro atoms. The van der Waals surface area contributed by atoms with Crippen LogP contribution in [-0.4, -0.2) is 21.4 Å². The Hall–Kier alpha value is -1.45. The van der Waals surface area contributed by atoms with Crippen LogP contribution in [-0.2, 0) is 0 Å². The van der Waals surface area contributed by atoms with Gasteiger partial charge in [0.1, 0.15) is 5.69 Å². The number of amides is 1. The molecule has 0 radical (unpaired) electrons. The van der Waals surface area contributed by atoms with Gasteiger partial charge >= 0.3 is 0 Å². The fraction of sp³-hybridized carbons (Fsp3) is 0.643. The molecule has 18 heavy (non-hydrogen) atoms. The maximum atomic E-state index is 12.1. The molecule has 1 aliphatic rings. The van der Waals surface area contributed by atoms with Crippen molar-refractivity contribution in [1.29, 1.82) is 0 Å². The minimum absolute atomic E-state index is 0.0898. The summed E-state index contributed by atoms with van der Waals surface area (Å²) in [4.78, 5) is 20.1. The fourth-order valence-electron chi connectivity index (χ4n) is 2.84. The van der Waals surface area contributed by atoms with E-state index < -0.39 is 0 Å². The Morgan fingerprint density at radius 2 is 2.39 bits per heavy atom. The maximum Gasteiger partial charge on any atom is 0.271 e. The van der Waals surface area contributed by atoms with Crippen molar-refractivity contribution in [3.05, 3.63) is 24.3 Å². The topological polar surface area (TPSA) is 54.9 Å². The second kappa shape index (κ2) is 5.46. The molecule has 98 valence electrons. The summed E-state index contributed by atoms with van der Waals surface area (Å²) in [7, 11) is 0. The zero-order valence-corrected chi connectivity index (χ0v) is 11.1. The molecule has 2 rings (SSSR count). The first-order valence-electron chi connectivity index (χ1n) is 6.71. The second-order valence-electron chi connectivity index (χ2n) is 5.48. The van der Waals surface area contributed by atoms with Gasteiger partial charge in [-0.25, -0.2) is 4.98 Å². The quantitative estimate of drug-likeness (QED) is 0.893. The number of hydrogen-bond donors (Lipinski definition) is 1. The van der Waals surface area contributed by atoms with Crippen LogP contribution in [0.1, 0.15) is 56.4 Å². The van der Waals surface area contributed by atoms with E-state index in [4.69, 9.17) is 0 Å². The summed E-state index contributed by atoms with van der Waals surface area (Å²) in [6.45, 7) is 4.37. The van der Waals surface area contributed by atoms with Crippen LogP contribution in [0.5, 0.6) is 0 Å². The normalized spacial score (nSPS) is 27.8. The van der Waals surface area contributed by atoms with Crippen molar-refractivity contribution in [3.8, 4) is 0 Å². The average molecular weight is 247 g/mol. The van der Waals surface area contributed by atoms with Gasteiger partial charge in [-0.15, -0.1) is 0 Å². The SMILES string of the molecule is CC[C@H]1CCC[C@](C)(NC(=O)c2cnccn2)C1. The zero-order chi connectivity index (χ0) is 13.0. The Morgan fingerprint density at radius 1 is 1.56 bits per heavy atom. The molecule has 1 aliphatic carbocycles. The molecule has 4 heteroatoms. The van der Waals surface area contributed by atoms with Crippen LogP contribution < -0.4 is 5.32 Å². The van der Waals surface area contributed by atoms with Crippen molar-refractivity contribution < 1.29 is 4.79 Å². The standard InChI is InChI=1S/C14H21N3O/c1-3-11-5-4-6-14(2,9-11)17-13(18)12-10-15-7-8-16-12/h7-8,10-11H,3-6,9H2,1-2H3,(H,17,18)/t11-,14-/m0/s1. The molecule has 0 aromatic carbocycles. The van der Waals surface area contributed by atoms with E-state index in [0.29, 0.717) is 5.69 Å². The summed E-state index contributed by atoms with van der Waals surface area (Å²) in [5.41, 5.74) is 0.311. The van der Waals surface area contributed by atoms with Gasteiger partial charge in [0.25, 0.3) is 5.91 Å². The number of rotatable bonds is 3. The lowest BCUT2D eigenvalue weighted by Gasteiger charge is -2.38. The van der Waals surface area contributed by atoms with Gasteiger partial charge in [0.15, 0.2) is 0 Å². The molecule has 1 heterocycles. The number of nitrogens with zero attached hydrogens (tertiary/aromatic N) is 2.